The van der Waals surface area contributed by atoms with Crippen LogP contribution in [0.3, 0.4) is 0 Å². The summed E-state index contributed by atoms with van der Waals surface area (Å²) in [5.74, 6) is 1.63. The lowest BCUT2D eigenvalue weighted by Crippen LogP contribution is -2.31. The van der Waals surface area contributed by atoms with Gasteiger partial charge in [-0.2, -0.15) is 0 Å². The van der Waals surface area contributed by atoms with Gasteiger partial charge in [-0.15, -0.1) is 0 Å². The number of hydrogen-bond donors (Lipinski definition) is 1. The summed E-state index contributed by atoms with van der Waals surface area (Å²) in [5.41, 5.74) is 5.85. The van der Waals surface area contributed by atoms with Crippen molar-refractivity contribution < 1.29 is 13.9 Å². The zero-order chi connectivity index (χ0) is 17.2. The Kier molecular flexibility index (Phi) is 4.15. The molecule has 1 fully saturated rings. The molecular weight excluding hydrogens is 316 g/mol. The number of rotatable bonds is 4. The van der Waals surface area contributed by atoms with Crippen molar-refractivity contribution in [3.05, 3.63) is 66.1 Å². The molecule has 1 atom stereocenters. The van der Waals surface area contributed by atoms with Gasteiger partial charge in [0.15, 0.2) is 5.76 Å². The third kappa shape index (κ3) is 3.37. The van der Waals surface area contributed by atoms with E-state index in [1.807, 2.05) is 36.4 Å². The summed E-state index contributed by atoms with van der Waals surface area (Å²) in [4.78, 5) is 14.1. The third-order valence-electron chi connectivity index (χ3n) is 4.49. The van der Waals surface area contributed by atoms with Gasteiger partial charge in [0.2, 0.25) is 0 Å². The minimum atomic E-state index is -0.107. The first-order valence-corrected chi connectivity index (χ1v) is 8.44. The summed E-state index contributed by atoms with van der Waals surface area (Å²) in [6, 6.07) is 17.6. The Bertz CT molecular complexity index is 903. The van der Waals surface area contributed by atoms with Gasteiger partial charge in [0.25, 0.3) is 5.91 Å². The van der Waals surface area contributed by atoms with Crippen LogP contribution in [0, 0.1) is 0 Å². The molecule has 4 rings (SSSR count). The highest BCUT2D eigenvalue weighted by Gasteiger charge is 2.26. The summed E-state index contributed by atoms with van der Waals surface area (Å²) < 4.78 is 11.4. The van der Waals surface area contributed by atoms with Crippen molar-refractivity contribution in [2.45, 2.75) is 19.1 Å². The van der Waals surface area contributed by atoms with Crippen molar-refractivity contribution in [3.63, 3.8) is 0 Å². The predicted molar refractivity (Wildman–Crippen MR) is 95.5 cm³/mol. The van der Waals surface area contributed by atoms with E-state index in [9.17, 15) is 4.79 Å². The predicted octanol–water partition coefficient (Wildman–Crippen LogP) is 3.19. The molecule has 1 aliphatic rings. The highest BCUT2D eigenvalue weighted by molar-refractivity contribution is 5.91. The van der Waals surface area contributed by atoms with Gasteiger partial charge >= 0.3 is 0 Å². The molecule has 0 radical (unpaired) electrons. The number of fused-ring (bicyclic) bond motifs is 1. The number of furan rings is 1. The van der Waals surface area contributed by atoms with Gasteiger partial charge in [0, 0.05) is 19.1 Å². The maximum Gasteiger partial charge on any atom is 0.289 e. The van der Waals surface area contributed by atoms with Crippen molar-refractivity contribution in [1.29, 1.82) is 0 Å². The molecule has 0 bridgehead atoms. The van der Waals surface area contributed by atoms with Crippen LogP contribution in [0.5, 0.6) is 5.75 Å². The fourth-order valence-corrected chi connectivity index (χ4v) is 3.11. The molecule has 2 heterocycles. The zero-order valence-electron chi connectivity index (χ0n) is 13.9. The summed E-state index contributed by atoms with van der Waals surface area (Å²) in [7, 11) is 0. The number of carbonyl (C=O) groups excluding carboxylic acids is 1. The lowest BCUT2D eigenvalue weighted by Gasteiger charge is -2.13. The standard InChI is InChI=1S/C20H20N2O3/c21-16-9-10-22(12-16)20(23)19-8-7-18(25-19)13-24-17-6-5-14-3-1-2-4-15(14)11-17/h1-8,11,16H,9-10,12-13,21H2/t16-/m1/s1. The van der Waals surface area contributed by atoms with Crippen LogP contribution in [0.15, 0.2) is 59.0 Å². The van der Waals surface area contributed by atoms with E-state index in [1.54, 1.807) is 17.0 Å². The monoisotopic (exact) mass is 336 g/mol. The van der Waals surface area contributed by atoms with Crippen molar-refractivity contribution in [2.75, 3.05) is 13.1 Å². The number of likely N-dealkylation sites (tertiary alicyclic amines) is 1. The van der Waals surface area contributed by atoms with Gasteiger partial charge < -0.3 is 19.8 Å². The first-order valence-electron chi connectivity index (χ1n) is 8.44. The molecule has 1 saturated heterocycles. The summed E-state index contributed by atoms with van der Waals surface area (Å²) in [5, 5.41) is 2.30. The summed E-state index contributed by atoms with van der Waals surface area (Å²) in [6.07, 6.45) is 0.838. The average molecular weight is 336 g/mol. The zero-order valence-corrected chi connectivity index (χ0v) is 13.9. The molecule has 0 unspecified atom stereocenters. The smallest absolute Gasteiger partial charge is 0.289 e. The van der Waals surface area contributed by atoms with Gasteiger partial charge in [0.05, 0.1) is 0 Å². The van der Waals surface area contributed by atoms with Crippen LogP contribution in [0.25, 0.3) is 10.8 Å². The van der Waals surface area contributed by atoms with Crippen LogP contribution < -0.4 is 10.5 Å². The highest BCUT2D eigenvalue weighted by Crippen LogP contribution is 2.22. The highest BCUT2D eigenvalue weighted by atomic mass is 16.5. The van der Waals surface area contributed by atoms with Crippen molar-refractivity contribution in [2.24, 2.45) is 5.73 Å². The van der Waals surface area contributed by atoms with E-state index in [1.165, 1.54) is 5.39 Å². The largest absolute Gasteiger partial charge is 0.486 e. The van der Waals surface area contributed by atoms with E-state index < -0.39 is 0 Å². The molecular formula is C20H20N2O3. The molecule has 25 heavy (non-hydrogen) atoms. The number of nitrogens with two attached hydrogens (primary N) is 1. The Hall–Kier alpha value is -2.79. The van der Waals surface area contributed by atoms with Crippen molar-refractivity contribution >= 4 is 16.7 Å². The molecule has 5 heteroatoms. The molecule has 1 amide bonds. The van der Waals surface area contributed by atoms with E-state index in [0.717, 1.165) is 17.6 Å². The number of benzene rings is 2. The maximum absolute atomic E-state index is 12.4. The Labute approximate surface area is 146 Å². The fourth-order valence-electron chi connectivity index (χ4n) is 3.11. The number of amides is 1. The van der Waals surface area contributed by atoms with Crippen LogP contribution in [-0.4, -0.2) is 29.9 Å². The first kappa shape index (κ1) is 15.7. The number of nitrogens with zero attached hydrogens (tertiary/aromatic N) is 1. The molecule has 128 valence electrons. The Morgan fingerprint density at radius 1 is 1.16 bits per heavy atom. The molecule has 0 aliphatic carbocycles. The Balaban J connectivity index is 1.41. The van der Waals surface area contributed by atoms with Gasteiger partial charge in [-0.3, -0.25) is 4.79 Å². The van der Waals surface area contributed by atoms with Crippen LogP contribution in [0.4, 0.5) is 0 Å². The van der Waals surface area contributed by atoms with Gasteiger partial charge in [-0.1, -0.05) is 30.3 Å². The lowest BCUT2D eigenvalue weighted by molar-refractivity contribution is 0.0755. The Morgan fingerprint density at radius 2 is 2.00 bits per heavy atom. The van der Waals surface area contributed by atoms with Crippen LogP contribution in [0.1, 0.15) is 22.7 Å². The lowest BCUT2D eigenvalue weighted by atomic mass is 10.1. The summed E-state index contributed by atoms with van der Waals surface area (Å²) in [6.45, 7) is 1.55. The quantitative estimate of drug-likeness (QED) is 0.794. The van der Waals surface area contributed by atoms with Crippen LogP contribution in [0.2, 0.25) is 0 Å². The van der Waals surface area contributed by atoms with Crippen molar-refractivity contribution in [3.8, 4) is 5.75 Å². The second-order valence-corrected chi connectivity index (χ2v) is 6.36. The van der Waals surface area contributed by atoms with Crippen LogP contribution in [-0.2, 0) is 6.61 Å². The third-order valence-corrected chi connectivity index (χ3v) is 4.49. The topological polar surface area (TPSA) is 68.7 Å². The second-order valence-electron chi connectivity index (χ2n) is 6.36. The summed E-state index contributed by atoms with van der Waals surface area (Å²) >= 11 is 0. The molecule has 5 nitrogen and oxygen atoms in total. The van der Waals surface area contributed by atoms with E-state index in [0.29, 0.717) is 24.6 Å². The molecule has 3 aromatic rings. The first-order chi connectivity index (χ1) is 12.2. The maximum atomic E-state index is 12.4. The van der Waals surface area contributed by atoms with Gasteiger partial charge in [-0.05, 0) is 41.5 Å². The molecule has 0 spiro atoms. The van der Waals surface area contributed by atoms with Gasteiger partial charge in [0.1, 0.15) is 18.1 Å². The molecule has 2 aromatic carbocycles. The molecule has 1 aliphatic heterocycles. The second kappa shape index (κ2) is 6.61. The van der Waals surface area contributed by atoms with E-state index in [-0.39, 0.29) is 18.6 Å². The number of carbonyl (C=O) groups is 1. The average Bonchev–Trinajstić information content (AvgIpc) is 3.28. The van der Waals surface area contributed by atoms with Crippen LogP contribution >= 0.6 is 0 Å². The minimum Gasteiger partial charge on any atom is -0.486 e. The molecule has 0 saturated carbocycles. The van der Waals surface area contributed by atoms with E-state index in [2.05, 4.69) is 6.07 Å². The minimum absolute atomic E-state index is 0.0645. The SMILES string of the molecule is N[C@@H]1CCN(C(=O)c2ccc(COc3ccc4ccccc4c3)o2)C1. The molecule has 2 N–H and O–H groups in total. The van der Waals surface area contributed by atoms with E-state index >= 15 is 0 Å². The van der Waals surface area contributed by atoms with Gasteiger partial charge in [-0.25, -0.2) is 0 Å². The fraction of sp³-hybridized carbons (Fsp3) is 0.250. The molecule has 1 aromatic heterocycles. The van der Waals surface area contributed by atoms with E-state index in [4.69, 9.17) is 14.9 Å². The number of hydrogen-bond acceptors (Lipinski definition) is 4. The normalized spacial score (nSPS) is 17.2. The number of ether oxygens (including phenoxy) is 1. The van der Waals surface area contributed by atoms with Crippen molar-refractivity contribution in [1.82, 2.24) is 4.90 Å². The Morgan fingerprint density at radius 3 is 2.80 bits per heavy atom.